The number of amides is 2. The zero-order valence-electron chi connectivity index (χ0n) is 12.6. The first-order valence-electron chi connectivity index (χ1n) is 7.42. The Kier molecular flexibility index (Phi) is 4.22. The predicted octanol–water partition coefficient (Wildman–Crippen LogP) is 1.07. The summed E-state index contributed by atoms with van der Waals surface area (Å²) in [5.74, 6) is -0.966. The average Bonchev–Trinajstić information content (AvgIpc) is 2.85. The van der Waals surface area contributed by atoms with Gasteiger partial charge < -0.3 is 14.9 Å². The van der Waals surface area contributed by atoms with Crippen LogP contribution >= 0.6 is 0 Å². The van der Waals surface area contributed by atoms with Gasteiger partial charge in [-0.2, -0.15) is 0 Å². The molecule has 1 atom stereocenters. The molecular formula is C14H25N3O3. The van der Waals surface area contributed by atoms with Crippen molar-refractivity contribution in [2.45, 2.75) is 45.2 Å². The Balaban J connectivity index is 2.07. The van der Waals surface area contributed by atoms with E-state index in [9.17, 15) is 14.7 Å². The normalized spacial score (nSPS) is 23.6. The number of hydrogen-bond donors (Lipinski definition) is 1. The van der Waals surface area contributed by atoms with E-state index in [0.717, 1.165) is 26.1 Å². The number of piperazine rings is 1. The number of carbonyl (C=O) groups is 2. The Morgan fingerprint density at radius 3 is 2.60 bits per heavy atom. The number of rotatable bonds is 3. The number of carbonyl (C=O) groups excluding carboxylic acids is 1. The Morgan fingerprint density at radius 1 is 1.30 bits per heavy atom. The molecule has 1 N–H and O–H groups in total. The Bertz CT molecular complexity index is 397. The minimum absolute atomic E-state index is 0.147. The van der Waals surface area contributed by atoms with Crippen molar-refractivity contribution >= 4 is 12.0 Å². The molecule has 1 unspecified atom stereocenters. The summed E-state index contributed by atoms with van der Waals surface area (Å²) in [4.78, 5) is 29.7. The van der Waals surface area contributed by atoms with Crippen molar-refractivity contribution in [1.29, 1.82) is 0 Å². The van der Waals surface area contributed by atoms with Crippen LogP contribution < -0.4 is 0 Å². The molecule has 2 aliphatic rings. The van der Waals surface area contributed by atoms with Crippen LogP contribution in [0.5, 0.6) is 0 Å². The number of likely N-dealkylation sites (N-methyl/N-ethyl adjacent to an activating group) is 1. The molecule has 2 heterocycles. The second kappa shape index (κ2) is 5.60. The highest BCUT2D eigenvalue weighted by atomic mass is 16.4. The SMILES string of the molecule is CCN(C(=O)N1CCN2CCCC2C1)C(C)(C)C(=O)O. The highest BCUT2D eigenvalue weighted by molar-refractivity contribution is 5.85. The molecule has 0 aromatic heterocycles. The van der Waals surface area contributed by atoms with E-state index in [0.29, 0.717) is 19.1 Å². The van der Waals surface area contributed by atoms with Crippen molar-refractivity contribution in [1.82, 2.24) is 14.7 Å². The summed E-state index contributed by atoms with van der Waals surface area (Å²) < 4.78 is 0. The molecule has 20 heavy (non-hydrogen) atoms. The van der Waals surface area contributed by atoms with Crippen LogP contribution in [0.15, 0.2) is 0 Å². The van der Waals surface area contributed by atoms with Gasteiger partial charge in [-0.3, -0.25) is 4.90 Å². The maximum Gasteiger partial charge on any atom is 0.329 e. The van der Waals surface area contributed by atoms with Gasteiger partial charge in [0.25, 0.3) is 0 Å². The molecule has 6 nitrogen and oxygen atoms in total. The summed E-state index contributed by atoms with van der Waals surface area (Å²) in [6.45, 7) is 8.86. The summed E-state index contributed by atoms with van der Waals surface area (Å²) >= 11 is 0. The smallest absolute Gasteiger partial charge is 0.329 e. The molecule has 0 saturated carbocycles. The average molecular weight is 283 g/mol. The topological polar surface area (TPSA) is 64.1 Å². The van der Waals surface area contributed by atoms with E-state index in [1.165, 1.54) is 11.3 Å². The van der Waals surface area contributed by atoms with Gasteiger partial charge in [0, 0.05) is 32.2 Å². The predicted molar refractivity (Wildman–Crippen MR) is 75.7 cm³/mol. The third kappa shape index (κ3) is 2.61. The van der Waals surface area contributed by atoms with E-state index in [-0.39, 0.29) is 6.03 Å². The first-order chi connectivity index (χ1) is 9.37. The van der Waals surface area contributed by atoms with E-state index >= 15 is 0 Å². The molecule has 2 aliphatic heterocycles. The van der Waals surface area contributed by atoms with Gasteiger partial charge in [0.1, 0.15) is 5.54 Å². The molecule has 0 aromatic rings. The number of aliphatic carboxylic acids is 1. The number of fused-ring (bicyclic) bond motifs is 1. The van der Waals surface area contributed by atoms with E-state index in [2.05, 4.69) is 4.90 Å². The van der Waals surface area contributed by atoms with Crippen LogP contribution in [0, 0.1) is 0 Å². The first-order valence-corrected chi connectivity index (χ1v) is 7.42. The summed E-state index contributed by atoms with van der Waals surface area (Å²) in [5.41, 5.74) is -1.17. The van der Waals surface area contributed by atoms with Crippen LogP contribution in [0.2, 0.25) is 0 Å². The molecule has 2 rings (SSSR count). The zero-order chi connectivity index (χ0) is 14.9. The van der Waals surface area contributed by atoms with Crippen molar-refractivity contribution in [2.24, 2.45) is 0 Å². The van der Waals surface area contributed by atoms with Crippen molar-refractivity contribution in [3.63, 3.8) is 0 Å². The van der Waals surface area contributed by atoms with Gasteiger partial charge in [0.15, 0.2) is 0 Å². The summed E-state index contributed by atoms with van der Waals surface area (Å²) in [5, 5.41) is 9.32. The molecular weight excluding hydrogens is 258 g/mol. The largest absolute Gasteiger partial charge is 0.480 e. The Hall–Kier alpha value is -1.30. The fraction of sp³-hybridized carbons (Fsp3) is 0.857. The lowest BCUT2D eigenvalue weighted by Crippen LogP contribution is -2.61. The maximum atomic E-state index is 12.6. The number of hydrogen-bond acceptors (Lipinski definition) is 3. The lowest BCUT2D eigenvalue weighted by Gasteiger charge is -2.42. The fourth-order valence-electron chi connectivity index (χ4n) is 3.22. The maximum absolute atomic E-state index is 12.6. The van der Waals surface area contributed by atoms with Crippen LogP contribution in [0.1, 0.15) is 33.6 Å². The minimum Gasteiger partial charge on any atom is -0.480 e. The number of carboxylic acid groups (broad SMARTS) is 1. The van der Waals surface area contributed by atoms with E-state index in [4.69, 9.17) is 0 Å². The van der Waals surface area contributed by atoms with Crippen LogP contribution in [-0.2, 0) is 4.79 Å². The van der Waals surface area contributed by atoms with Crippen LogP contribution in [0.4, 0.5) is 4.79 Å². The third-order valence-electron chi connectivity index (χ3n) is 4.60. The van der Waals surface area contributed by atoms with Crippen LogP contribution in [-0.4, -0.2) is 76.1 Å². The fourth-order valence-corrected chi connectivity index (χ4v) is 3.22. The third-order valence-corrected chi connectivity index (χ3v) is 4.60. The Morgan fingerprint density at radius 2 is 2.00 bits per heavy atom. The molecule has 0 spiro atoms. The van der Waals surface area contributed by atoms with Gasteiger partial charge in [-0.25, -0.2) is 9.59 Å². The van der Waals surface area contributed by atoms with Crippen LogP contribution in [0.3, 0.4) is 0 Å². The van der Waals surface area contributed by atoms with Gasteiger partial charge in [-0.05, 0) is 40.2 Å². The summed E-state index contributed by atoms with van der Waals surface area (Å²) in [6.07, 6.45) is 2.34. The Labute approximate surface area is 120 Å². The lowest BCUT2D eigenvalue weighted by atomic mass is 10.0. The van der Waals surface area contributed by atoms with E-state index in [1.54, 1.807) is 13.8 Å². The summed E-state index contributed by atoms with van der Waals surface area (Å²) in [6, 6.07) is 0.311. The lowest BCUT2D eigenvalue weighted by molar-refractivity contribution is -0.147. The van der Waals surface area contributed by atoms with Gasteiger partial charge in [0.05, 0.1) is 0 Å². The van der Waals surface area contributed by atoms with Gasteiger partial charge in [-0.15, -0.1) is 0 Å². The molecule has 0 radical (unpaired) electrons. The molecule has 0 bridgehead atoms. The number of urea groups is 1. The minimum atomic E-state index is -1.17. The second-order valence-electron chi connectivity index (χ2n) is 6.17. The highest BCUT2D eigenvalue weighted by Gasteiger charge is 2.41. The van der Waals surface area contributed by atoms with Gasteiger partial charge >= 0.3 is 12.0 Å². The number of nitrogens with zero attached hydrogens (tertiary/aromatic N) is 3. The second-order valence-corrected chi connectivity index (χ2v) is 6.17. The molecule has 2 saturated heterocycles. The number of carboxylic acids is 1. The molecule has 2 amide bonds. The molecule has 2 fully saturated rings. The van der Waals surface area contributed by atoms with E-state index < -0.39 is 11.5 Å². The highest BCUT2D eigenvalue weighted by Crippen LogP contribution is 2.24. The standard InChI is InChI=1S/C14H25N3O3/c1-4-17(14(2,3)12(18)19)13(20)16-9-8-15-7-5-6-11(15)10-16/h11H,4-10H2,1-3H3,(H,18,19). The quantitative estimate of drug-likeness (QED) is 0.841. The van der Waals surface area contributed by atoms with Crippen molar-refractivity contribution < 1.29 is 14.7 Å². The van der Waals surface area contributed by atoms with Gasteiger partial charge in [0.2, 0.25) is 0 Å². The van der Waals surface area contributed by atoms with Crippen molar-refractivity contribution in [3.8, 4) is 0 Å². The molecule has 0 aliphatic carbocycles. The zero-order valence-corrected chi connectivity index (χ0v) is 12.6. The molecule has 6 heteroatoms. The first kappa shape index (κ1) is 15.1. The van der Waals surface area contributed by atoms with Gasteiger partial charge in [-0.1, -0.05) is 0 Å². The monoisotopic (exact) mass is 283 g/mol. The van der Waals surface area contributed by atoms with Crippen molar-refractivity contribution in [2.75, 3.05) is 32.7 Å². The molecule has 0 aromatic carbocycles. The van der Waals surface area contributed by atoms with E-state index in [1.807, 2.05) is 11.8 Å². The summed E-state index contributed by atoms with van der Waals surface area (Å²) in [7, 11) is 0. The van der Waals surface area contributed by atoms with Crippen molar-refractivity contribution in [3.05, 3.63) is 0 Å². The van der Waals surface area contributed by atoms with Crippen LogP contribution in [0.25, 0.3) is 0 Å². The molecule has 114 valence electrons.